The number of nitrogen functional groups attached to an aromatic ring is 1. The van der Waals surface area contributed by atoms with Gasteiger partial charge in [-0.15, -0.1) is 12.4 Å². The number of aryl methyl sites for hydroxylation is 1. The molecule has 0 spiro atoms. The SMILES string of the molecule is COC(=O)C[C@@H]1C[C@@H](CNC(=O)NC2CCc3cc(C(=N)N)ccc3C2)NC1=O.Cl. The lowest BCUT2D eigenvalue weighted by Crippen LogP contribution is -2.47. The van der Waals surface area contributed by atoms with Crippen LogP contribution in [0.4, 0.5) is 4.79 Å². The van der Waals surface area contributed by atoms with Crippen LogP contribution in [0.1, 0.15) is 36.0 Å². The quantitative estimate of drug-likeness (QED) is 0.251. The molecule has 2 aliphatic rings. The Bertz CT molecular complexity index is 831. The van der Waals surface area contributed by atoms with Crippen LogP contribution in [-0.2, 0) is 27.2 Å². The molecule has 9 nitrogen and oxygen atoms in total. The van der Waals surface area contributed by atoms with E-state index in [1.807, 2.05) is 18.2 Å². The summed E-state index contributed by atoms with van der Waals surface area (Å²) in [6, 6.07) is 5.30. The van der Waals surface area contributed by atoms with E-state index in [0.29, 0.717) is 13.0 Å². The fraction of sp³-hybridized carbons (Fsp3) is 0.500. The number of carbonyl (C=O) groups excluding carboxylic acids is 3. The number of ether oxygens (including phenoxy) is 1. The third-order valence-electron chi connectivity index (χ3n) is 5.52. The molecule has 164 valence electrons. The Morgan fingerprint density at radius 1 is 1.33 bits per heavy atom. The van der Waals surface area contributed by atoms with Gasteiger partial charge in [-0.05, 0) is 42.9 Å². The van der Waals surface area contributed by atoms with Crippen LogP contribution in [0.2, 0.25) is 0 Å². The molecule has 0 aromatic heterocycles. The molecule has 3 rings (SSSR count). The van der Waals surface area contributed by atoms with Gasteiger partial charge in [0.05, 0.1) is 19.4 Å². The van der Waals surface area contributed by atoms with Crippen molar-refractivity contribution in [2.24, 2.45) is 11.7 Å². The van der Waals surface area contributed by atoms with Crippen LogP contribution in [-0.4, -0.2) is 49.5 Å². The summed E-state index contributed by atoms with van der Waals surface area (Å²) in [5, 5.41) is 16.1. The van der Waals surface area contributed by atoms with Crippen LogP contribution in [0, 0.1) is 11.3 Å². The van der Waals surface area contributed by atoms with E-state index in [0.717, 1.165) is 30.4 Å². The number of urea groups is 1. The Morgan fingerprint density at radius 3 is 2.80 bits per heavy atom. The maximum Gasteiger partial charge on any atom is 0.315 e. The lowest BCUT2D eigenvalue weighted by atomic mass is 9.87. The highest BCUT2D eigenvalue weighted by atomic mass is 35.5. The summed E-state index contributed by atoms with van der Waals surface area (Å²) in [6.45, 7) is 0.306. The van der Waals surface area contributed by atoms with Gasteiger partial charge in [0.25, 0.3) is 0 Å². The molecular formula is C20H28ClN5O4. The second-order valence-electron chi connectivity index (χ2n) is 7.61. The summed E-state index contributed by atoms with van der Waals surface area (Å²) in [4.78, 5) is 35.5. The van der Waals surface area contributed by atoms with E-state index in [9.17, 15) is 14.4 Å². The van der Waals surface area contributed by atoms with Gasteiger partial charge in [-0.3, -0.25) is 15.0 Å². The van der Waals surface area contributed by atoms with Crippen LogP contribution in [0.3, 0.4) is 0 Å². The van der Waals surface area contributed by atoms with E-state index in [2.05, 4.69) is 20.7 Å². The second kappa shape index (κ2) is 10.3. The normalized spacial score (nSPS) is 22.2. The first kappa shape index (κ1) is 23.5. The van der Waals surface area contributed by atoms with E-state index in [1.54, 1.807) is 0 Å². The fourth-order valence-electron chi connectivity index (χ4n) is 3.92. The van der Waals surface area contributed by atoms with Crippen LogP contribution in [0.5, 0.6) is 0 Å². The molecule has 1 heterocycles. The first-order valence-corrected chi connectivity index (χ1v) is 9.73. The van der Waals surface area contributed by atoms with Crippen molar-refractivity contribution in [2.45, 2.75) is 44.2 Å². The lowest BCUT2D eigenvalue weighted by molar-refractivity contribution is -0.143. The molecule has 0 saturated carbocycles. The van der Waals surface area contributed by atoms with Gasteiger partial charge in [-0.1, -0.05) is 12.1 Å². The van der Waals surface area contributed by atoms with Gasteiger partial charge >= 0.3 is 12.0 Å². The number of nitrogens with one attached hydrogen (secondary N) is 4. The predicted octanol–water partition coefficient (Wildman–Crippen LogP) is 0.617. The minimum Gasteiger partial charge on any atom is -0.469 e. The monoisotopic (exact) mass is 437 g/mol. The molecule has 30 heavy (non-hydrogen) atoms. The number of amidine groups is 1. The third-order valence-corrected chi connectivity index (χ3v) is 5.52. The Hall–Kier alpha value is -2.81. The summed E-state index contributed by atoms with van der Waals surface area (Å²) in [5.74, 6) is -0.951. The fourth-order valence-corrected chi connectivity index (χ4v) is 3.92. The van der Waals surface area contributed by atoms with Crippen molar-refractivity contribution in [3.63, 3.8) is 0 Å². The number of fused-ring (bicyclic) bond motifs is 1. The number of carbonyl (C=O) groups is 3. The zero-order valence-corrected chi connectivity index (χ0v) is 17.6. The molecule has 0 radical (unpaired) electrons. The van der Waals surface area contributed by atoms with Crippen molar-refractivity contribution in [1.82, 2.24) is 16.0 Å². The van der Waals surface area contributed by atoms with E-state index < -0.39 is 11.9 Å². The molecular weight excluding hydrogens is 410 g/mol. The van der Waals surface area contributed by atoms with Crippen molar-refractivity contribution in [3.05, 3.63) is 34.9 Å². The van der Waals surface area contributed by atoms with E-state index in [4.69, 9.17) is 11.1 Å². The number of benzene rings is 1. The van der Waals surface area contributed by atoms with Crippen LogP contribution < -0.4 is 21.7 Å². The minimum atomic E-state index is -0.412. The summed E-state index contributed by atoms with van der Waals surface area (Å²) >= 11 is 0. The smallest absolute Gasteiger partial charge is 0.315 e. The second-order valence-corrected chi connectivity index (χ2v) is 7.61. The van der Waals surface area contributed by atoms with Crippen LogP contribution in [0.25, 0.3) is 0 Å². The Balaban J connectivity index is 0.00000320. The third kappa shape index (κ3) is 5.85. The molecule has 1 fully saturated rings. The number of nitrogens with two attached hydrogens (primary N) is 1. The number of hydrogen-bond donors (Lipinski definition) is 5. The van der Waals surface area contributed by atoms with E-state index in [-0.39, 0.29) is 48.7 Å². The lowest BCUT2D eigenvalue weighted by Gasteiger charge is -2.26. The number of rotatable bonds is 6. The first-order valence-electron chi connectivity index (χ1n) is 9.73. The van der Waals surface area contributed by atoms with Crippen molar-refractivity contribution >= 4 is 36.2 Å². The summed E-state index contributed by atoms with van der Waals surface area (Å²) in [5.41, 5.74) is 8.58. The zero-order chi connectivity index (χ0) is 21.0. The molecule has 1 aromatic rings. The maximum atomic E-state index is 12.3. The van der Waals surface area contributed by atoms with Crippen LogP contribution in [0.15, 0.2) is 18.2 Å². The number of amides is 3. The van der Waals surface area contributed by atoms with E-state index in [1.165, 1.54) is 12.7 Å². The molecule has 1 saturated heterocycles. The van der Waals surface area contributed by atoms with Crippen molar-refractivity contribution in [3.8, 4) is 0 Å². The topological polar surface area (TPSA) is 146 Å². The Morgan fingerprint density at radius 2 is 2.10 bits per heavy atom. The predicted molar refractivity (Wildman–Crippen MR) is 114 cm³/mol. The van der Waals surface area contributed by atoms with E-state index >= 15 is 0 Å². The molecule has 3 atom stereocenters. The molecule has 0 bridgehead atoms. The highest BCUT2D eigenvalue weighted by Gasteiger charge is 2.33. The van der Waals surface area contributed by atoms with Gasteiger partial charge < -0.3 is 26.4 Å². The molecule has 1 unspecified atom stereocenters. The number of hydrogen-bond acceptors (Lipinski definition) is 5. The van der Waals surface area contributed by atoms with Gasteiger partial charge in [0.1, 0.15) is 5.84 Å². The van der Waals surface area contributed by atoms with Crippen molar-refractivity contribution in [2.75, 3.05) is 13.7 Å². The average Bonchev–Trinajstić information content (AvgIpc) is 3.05. The largest absolute Gasteiger partial charge is 0.469 e. The molecule has 1 aliphatic carbocycles. The highest BCUT2D eigenvalue weighted by molar-refractivity contribution is 5.95. The van der Waals surface area contributed by atoms with Gasteiger partial charge in [0, 0.05) is 24.2 Å². The van der Waals surface area contributed by atoms with Gasteiger partial charge in [-0.25, -0.2) is 4.79 Å². The highest BCUT2D eigenvalue weighted by Crippen LogP contribution is 2.23. The summed E-state index contributed by atoms with van der Waals surface area (Å²) in [7, 11) is 1.30. The molecule has 6 N–H and O–H groups in total. The first-order chi connectivity index (χ1) is 13.9. The van der Waals surface area contributed by atoms with Crippen molar-refractivity contribution in [1.29, 1.82) is 5.41 Å². The minimum absolute atomic E-state index is 0. The summed E-state index contributed by atoms with van der Waals surface area (Å²) in [6.07, 6.45) is 2.89. The maximum absolute atomic E-state index is 12.3. The number of halogens is 1. The molecule has 1 aliphatic heterocycles. The van der Waals surface area contributed by atoms with Gasteiger partial charge in [0.2, 0.25) is 5.91 Å². The summed E-state index contributed by atoms with van der Waals surface area (Å²) < 4.78 is 4.61. The van der Waals surface area contributed by atoms with Crippen molar-refractivity contribution < 1.29 is 19.1 Å². The van der Waals surface area contributed by atoms with Crippen LogP contribution >= 0.6 is 12.4 Å². The molecule has 1 aromatic carbocycles. The molecule has 3 amide bonds. The Kier molecular flexibility index (Phi) is 8.05. The van der Waals surface area contributed by atoms with Gasteiger partial charge in [0.15, 0.2) is 0 Å². The Labute approximate surface area is 181 Å². The standard InChI is InChI=1S/C20H27N5O4.ClH/c1-29-17(26)9-14-8-16(24-19(14)27)10-23-20(28)25-15-5-4-11-6-13(18(21)22)3-2-12(11)7-15;/h2-3,6,14-16H,4-5,7-10H2,1H3,(H3,21,22)(H,24,27)(H2,23,25,28);1H/t14-,15?,16-;/m0./s1. The number of esters is 1. The average molecular weight is 438 g/mol. The molecule has 10 heteroatoms. The van der Waals surface area contributed by atoms with Gasteiger partial charge in [-0.2, -0.15) is 0 Å². The number of methoxy groups -OCH3 is 1. The zero-order valence-electron chi connectivity index (χ0n) is 16.8.